The number of aryl methyl sites for hydroxylation is 1. The van der Waals surface area contributed by atoms with Crippen molar-refractivity contribution >= 4 is 11.6 Å². The van der Waals surface area contributed by atoms with Crippen LogP contribution in [0, 0.1) is 0 Å². The van der Waals surface area contributed by atoms with Crippen LogP contribution in [0.4, 0.5) is 5.69 Å². The quantitative estimate of drug-likeness (QED) is 0.872. The molecule has 2 atom stereocenters. The molecule has 0 N–H and O–H groups in total. The van der Waals surface area contributed by atoms with Gasteiger partial charge in [-0.25, -0.2) is 0 Å². The zero-order valence-electron chi connectivity index (χ0n) is 13.4. The highest BCUT2D eigenvalue weighted by atomic mass is 16.2. The summed E-state index contributed by atoms with van der Waals surface area (Å²) < 4.78 is 1.85. The largest absolute Gasteiger partial charge is 0.308 e. The minimum Gasteiger partial charge on any atom is -0.308 e. The summed E-state index contributed by atoms with van der Waals surface area (Å²) in [6.07, 6.45) is 6.67. The van der Waals surface area contributed by atoms with Crippen molar-refractivity contribution in [2.45, 2.75) is 37.9 Å². The van der Waals surface area contributed by atoms with Crippen LogP contribution in [0.2, 0.25) is 0 Å². The Labute approximate surface area is 136 Å². The highest BCUT2D eigenvalue weighted by molar-refractivity contribution is 5.95. The van der Waals surface area contributed by atoms with Gasteiger partial charge >= 0.3 is 0 Å². The van der Waals surface area contributed by atoms with Crippen molar-refractivity contribution in [3.63, 3.8) is 0 Å². The van der Waals surface area contributed by atoms with E-state index in [4.69, 9.17) is 0 Å². The molecule has 3 heterocycles. The highest BCUT2D eigenvalue weighted by Crippen LogP contribution is 2.35. The molecule has 1 aromatic carbocycles. The number of hydrogen-bond acceptors (Lipinski definition) is 3. The van der Waals surface area contributed by atoms with Crippen molar-refractivity contribution < 1.29 is 4.79 Å². The summed E-state index contributed by atoms with van der Waals surface area (Å²) in [6.45, 7) is 1.96. The molecule has 0 saturated carbocycles. The van der Waals surface area contributed by atoms with Crippen molar-refractivity contribution in [1.29, 1.82) is 0 Å². The molecule has 2 saturated heterocycles. The lowest BCUT2D eigenvalue weighted by molar-refractivity contribution is -0.120. The normalized spacial score (nSPS) is 24.9. The SMILES string of the molecule is Cn1cc(CN2CC[C@@H]3[C@H]2CCC(=O)N3c2ccccc2)cn1. The van der Waals surface area contributed by atoms with Gasteiger partial charge in [-0.1, -0.05) is 18.2 Å². The Morgan fingerprint density at radius 3 is 2.74 bits per heavy atom. The predicted octanol–water partition coefficient (Wildman–Crippen LogP) is 2.19. The van der Waals surface area contributed by atoms with E-state index in [1.165, 1.54) is 5.56 Å². The molecule has 5 heteroatoms. The monoisotopic (exact) mass is 310 g/mol. The zero-order chi connectivity index (χ0) is 15.8. The number of amides is 1. The number of hydrogen-bond donors (Lipinski definition) is 0. The number of nitrogens with zero attached hydrogens (tertiary/aromatic N) is 4. The molecule has 0 spiro atoms. The van der Waals surface area contributed by atoms with Crippen LogP contribution in [0.3, 0.4) is 0 Å². The Kier molecular flexibility index (Phi) is 3.65. The predicted molar refractivity (Wildman–Crippen MR) is 89.0 cm³/mol. The van der Waals surface area contributed by atoms with Crippen molar-refractivity contribution in [2.75, 3.05) is 11.4 Å². The molecule has 0 unspecified atom stereocenters. The van der Waals surface area contributed by atoms with E-state index in [-0.39, 0.29) is 5.91 Å². The molecule has 1 aromatic heterocycles. The average molecular weight is 310 g/mol. The Hall–Kier alpha value is -2.14. The average Bonchev–Trinajstić information content (AvgIpc) is 3.15. The number of benzene rings is 1. The van der Waals surface area contributed by atoms with E-state index in [2.05, 4.69) is 16.2 Å². The Balaban J connectivity index is 1.55. The zero-order valence-corrected chi connectivity index (χ0v) is 13.4. The first-order valence-electron chi connectivity index (χ1n) is 8.31. The summed E-state index contributed by atoms with van der Waals surface area (Å²) in [5, 5.41) is 4.26. The summed E-state index contributed by atoms with van der Waals surface area (Å²) in [5.74, 6) is 0.265. The lowest BCUT2D eigenvalue weighted by Gasteiger charge is -2.39. The number of aromatic nitrogens is 2. The van der Waals surface area contributed by atoms with Gasteiger partial charge in [0, 0.05) is 50.0 Å². The van der Waals surface area contributed by atoms with Crippen LogP contribution in [-0.2, 0) is 18.4 Å². The van der Waals surface area contributed by atoms with E-state index in [9.17, 15) is 4.79 Å². The van der Waals surface area contributed by atoms with Gasteiger partial charge < -0.3 is 4.90 Å². The first-order chi connectivity index (χ1) is 11.2. The van der Waals surface area contributed by atoms with Crippen LogP contribution in [0.25, 0.3) is 0 Å². The number of carbonyl (C=O) groups is 1. The molecular formula is C18H22N4O. The molecule has 0 radical (unpaired) electrons. The second-order valence-electron chi connectivity index (χ2n) is 6.55. The van der Waals surface area contributed by atoms with Crippen LogP contribution >= 0.6 is 0 Å². The fraction of sp³-hybridized carbons (Fsp3) is 0.444. The third-order valence-electron chi connectivity index (χ3n) is 5.06. The number of likely N-dealkylation sites (tertiary alicyclic amines) is 1. The van der Waals surface area contributed by atoms with Crippen molar-refractivity contribution in [1.82, 2.24) is 14.7 Å². The lowest BCUT2D eigenvalue weighted by atomic mass is 9.95. The van der Waals surface area contributed by atoms with Crippen molar-refractivity contribution in [2.24, 2.45) is 7.05 Å². The molecule has 23 heavy (non-hydrogen) atoms. The van der Waals surface area contributed by atoms with Crippen LogP contribution in [0.1, 0.15) is 24.8 Å². The summed E-state index contributed by atoms with van der Waals surface area (Å²) >= 11 is 0. The van der Waals surface area contributed by atoms with Gasteiger partial charge in [0.15, 0.2) is 0 Å². The maximum Gasteiger partial charge on any atom is 0.227 e. The third-order valence-corrected chi connectivity index (χ3v) is 5.06. The Morgan fingerprint density at radius 2 is 2.00 bits per heavy atom. The summed E-state index contributed by atoms with van der Waals surface area (Å²) in [6, 6.07) is 10.9. The minimum atomic E-state index is 0.265. The molecule has 5 nitrogen and oxygen atoms in total. The molecule has 0 bridgehead atoms. The highest BCUT2D eigenvalue weighted by Gasteiger charge is 2.43. The number of anilines is 1. The maximum absolute atomic E-state index is 12.5. The van der Waals surface area contributed by atoms with E-state index in [0.717, 1.165) is 31.6 Å². The molecule has 2 aromatic rings. The van der Waals surface area contributed by atoms with Gasteiger partial charge in [-0.3, -0.25) is 14.4 Å². The van der Waals surface area contributed by atoms with Crippen molar-refractivity contribution in [3.05, 3.63) is 48.3 Å². The van der Waals surface area contributed by atoms with Gasteiger partial charge in [-0.2, -0.15) is 5.10 Å². The number of fused-ring (bicyclic) bond motifs is 1. The smallest absolute Gasteiger partial charge is 0.227 e. The standard InChI is InChI=1S/C18H22N4O/c1-20-12-14(11-19-20)13-21-10-9-17-16(21)7-8-18(23)22(17)15-5-3-2-4-6-15/h2-6,11-12,16-17H,7-10,13H2,1H3/t16-,17-/m1/s1. The maximum atomic E-state index is 12.5. The van der Waals surface area contributed by atoms with Crippen molar-refractivity contribution in [3.8, 4) is 0 Å². The van der Waals surface area contributed by atoms with Gasteiger partial charge in [0.2, 0.25) is 5.91 Å². The second kappa shape index (κ2) is 5.81. The fourth-order valence-corrected chi connectivity index (χ4v) is 4.06. The van der Waals surface area contributed by atoms with E-state index in [1.807, 2.05) is 53.2 Å². The van der Waals surface area contributed by atoms with E-state index >= 15 is 0 Å². The first-order valence-corrected chi connectivity index (χ1v) is 8.31. The number of piperidine rings is 1. The Morgan fingerprint density at radius 1 is 1.17 bits per heavy atom. The molecule has 4 rings (SSSR count). The second-order valence-corrected chi connectivity index (χ2v) is 6.55. The first kappa shape index (κ1) is 14.5. The van der Waals surface area contributed by atoms with Gasteiger partial charge in [0.1, 0.15) is 0 Å². The summed E-state index contributed by atoms with van der Waals surface area (Å²) in [5.41, 5.74) is 2.28. The summed E-state index contributed by atoms with van der Waals surface area (Å²) in [4.78, 5) is 17.1. The fourth-order valence-electron chi connectivity index (χ4n) is 4.06. The lowest BCUT2D eigenvalue weighted by Crippen LogP contribution is -2.52. The molecular weight excluding hydrogens is 288 g/mol. The molecule has 2 aliphatic heterocycles. The third kappa shape index (κ3) is 2.65. The molecule has 1 amide bonds. The molecule has 2 aliphatic rings. The summed E-state index contributed by atoms with van der Waals surface area (Å²) in [7, 11) is 1.95. The number of carbonyl (C=O) groups excluding carboxylic acids is 1. The van der Waals surface area contributed by atoms with Gasteiger partial charge in [0.25, 0.3) is 0 Å². The van der Waals surface area contributed by atoms with Gasteiger partial charge in [-0.15, -0.1) is 0 Å². The van der Waals surface area contributed by atoms with E-state index in [0.29, 0.717) is 18.5 Å². The van der Waals surface area contributed by atoms with Crippen LogP contribution in [0.15, 0.2) is 42.7 Å². The Bertz CT molecular complexity index is 696. The van der Waals surface area contributed by atoms with E-state index < -0.39 is 0 Å². The molecule has 2 fully saturated rings. The van der Waals surface area contributed by atoms with Gasteiger partial charge in [-0.05, 0) is 25.0 Å². The minimum absolute atomic E-state index is 0.265. The topological polar surface area (TPSA) is 41.4 Å². The van der Waals surface area contributed by atoms with Gasteiger partial charge in [0.05, 0.1) is 12.2 Å². The van der Waals surface area contributed by atoms with Crippen LogP contribution < -0.4 is 4.90 Å². The van der Waals surface area contributed by atoms with Crippen LogP contribution in [0.5, 0.6) is 0 Å². The molecule has 0 aliphatic carbocycles. The van der Waals surface area contributed by atoms with Crippen LogP contribution in [-0.4, -0.2) is 39.2 Å². The number of rotatable bonds is 3. The number of para-hydroxylation sites is 1. The van der Waals surface area contributed by atoms with E-state index in [1.54, 1.807) is 0 Å². The molecule has 120 valence electrons.